The molecule has 0 saturated carbocycles. The number of nitrogens with two attached hydrogens (primary N) is 1. The zero-order valence-corrected chi connectivity index (χ0v) is 11.6. The van der Waals surface area contributed by atoms with Gasteiger partial charge in [-0.1, -0.05) is 11.8 Å². The highest BCUT2D eigenvalue weighted by molar-refractivity contribution is 8.14. The topological polar surface area (TPSA) is 91.3 Å². The summed E-state index contributed by atoms with van der Waals surface area (Å²) in [4.78, 5) is 5.80. The number of aliphatic hydroxyl groups excluding tert-OH is 2. The normalized spacial score (nSPS) is 39.2. The monoisotopic (exact) mass is 315 g/mol. The predicted octanol–water partition coefficient (Wildman–Crippen LogP) is -0.644. The van der Waals surface area contributed by atoms with Crippen LogP contribution in [0, 0.1) is 0 Å². The first-order valence-corrected chi connectivity index (χ1v) is 6.76. The van der Waals surface area contributed by atoms with Gasteiger partial charge in [-0.3, -0.25) is 4.99 Å². The fraction of sp³-hybridized carbons (Fsp3) is 0.900. The van der Waals surface area contributed by atoms with Crippen LogP contribution >= 0.6 is 11.8 Å². The van der Waals surface area contributed by atoms with Crippen molar-refractivity contribution in [3.8, 4) is 0 Å². The number of rotatable bonds is 1. The Morgan fingerprint density at radius 3 is 2.45 bits per heavy atom. The third kappa shape index (κ3) is 2.75. The second-order valence-electron chi connectivity index (χ2n) is 4.93. The molecular formula is C10H16F3N3O3S. The number of amidine groups is 1. The number of aliphatic imine (C=N–C) groups is 1. The molecule has 0 bridgehead atoms. The van der Waals surface area contributed by atoms with E-state index < -0.39 is 42.0 Å². The fourth-order valence-corrected chi connectivity index (χ4v) is 3.22. The van der Waals surface area contributed by atoms with Crippen molar-refractivity contribution < 1.29 is 28.1 Å². The number of hydrogen-bond acceptors (Lipinski definition) is 7. The summed E-state index contributed by atoms with van der Waals surface area (Å²) in [7, 11) is 3.43. The second kappa shape index (κ2) is 5.34. The van der Waals surface area contributed by atoms with Gasteiger partial charge >= 0.3 is 6.18 Å². The molecule has 2 aliphatic rings. The molecule has 0 aromatic carbocycles. The summed E-state index contributed by atoms with van der Waals surface area (Å²) in [5.74, 6) is 0. The number of thioether (sulfide) groups is 1. The Labute approximate surface area is 117 Å². The van der Waals surface area contributed by atoms with E-state index in [2.05, 4.69) is 4.99 Å². The molecule has 5 unspecified atom stereocenters. The van der Waals surface area contributed by atoms with Crippen molar-refractivity contribution in [3.63, 3.8) is 0 Å². The van der Waals surface area contributed by atoms with Crippen LogP contribution in [0.1, 0.15) is 0 Å². The van der Waals surface area contributed by atoms with E-state index in [0.29, 0.717) is 5.17 Å². The Bertz CT molecular complexity index is 407. The summed E-state index contributed by atoms with van der Waals surface area (Å²) in [5.41, 5.74) is 4.29. The van der Waals surface area contributed by atoms with Gasteiger partial charge in [0.25, 0.3) is 0 Å². The lowest BCUT2D eigenvalue weighted by atomic mass is 9.94. The molecule has 0 amide bonds. The van der Waals surface area contributed by atoms with Gasteiger partial charge in [-0.15, -0.1) is 0 Å². The van der Waals surface area contributed by atoms with Crippen molar-refractivity contribution in [3.05, 3.63) is 0 Å². The van der Waals surface area contributed by atoms with Crippen molar-refractivity contribution in [1.82, 2.24) is 4.90 Å². The molecule has 0 aromatic heterocycles. The maximum Gasteiger partial charge on any atom is 0.406 e. The number of halogens is 3. The Hall–Kier alpha value is -0.550. The smallest absolute Gasteiger partial charge is 0.388 e. The number of fused-ring (bicyclic) bond motifs is 1. The molecule has 0 aliphatic carbocycles. The Balaban J connectivity index is 2.17. The van der Waals surface area contributed by atoms with E-state index in [4.69, 9.17) is 10.5 Å². The van der Waals surface area contributed by atoms with E-state index in [0.717, 1.165) is 11.8 Å². The number of aliphatic hydroxyl groups is 2. The summed E-state index contributed by atoms with van der Waals surface area (Å²) in [5, 5.41) is 20.3. The van der Waals surface area contributed by atoms with Gasteiger partial charge in [0.1, 0.15) is 35.8 Å². The molecule has 4 N–H and O–H groups in total. The van der Waals surface area contributed by atoms with Gasteiger partial charge in [0.2, 0.25) is 0 Å². The molecule has 2 rings (SSSR count). The van der Waals surface area contributed by atoms with E-state index in [1.54, 1.807) is 19.0 Å². The van der Waals surface area contributed by atoms with Crippen LogP contribution in [-0.4, -0.2) is 76.4 Å². The van der Waals surface area contributed by atoms with Crippen molar-refractivity contribution in [2.75, 3.05) is 14.1 Å². The standard InChI is InChI=1S/C10H16F3N3O3S/c1-16(2)9-15-3-4(17)5(18)6(19-8(3)20-9)7(14)10(11,12)13/h3-8,17-18H,14H2,1-2H3/t3?,4?,5?,6?,7-,8?/m1/s1. The Morgan fingerprint density at radius 1 is 1.35 bits per heavy atom. The highest BCUT2D eigenvalue weighted by Crippen LogP contribution is 2.39. The van der Waals surface area contributed by atoms with Gasteiger partial charge in [-0.25, -0.2) is 0 Å². The van der Waals surface area contributed by atoms with Crippen LogP contribution in [0.2, 0.25) is 0 Å². The van der Waals surface area contributed by atoms with Crippen LogP contribution in [-0.2, 0) is 4.74 Å². The average molecular weight is 315 g/mol. The lowest BCUT2D eigenvalue weighted by Crippen LogP contribution is -2.63. The minimum Gasteiger partial charge on any atom is -0.388 e. The first-order chi connectivity index (χ1) is 9.12. The molecule has 2 heterocycles. The SMILES string of the molecule is CN(C)C1=NC2C(OC([C@@H](N)C(F)(F)F)C(O)C2O)S1. The van der Waals surface area contributed by atoms with Gasteiger partial charge in [-0.2, -0.15) is 13.2 Å². The number of nitrogens with zero attached hydrogens (tertiary/aromatic N) is 2. The van der Waals surface area contributed by atoms with Crippen molar-refractivity contribution in [1.29, 1.82) is 0 Å². The van der Waals surface area contributed by atoms with Crippen molar-refractivity contribution >= 4 is 16.9 Å². The lowest BCUT2D eigenvalue weighted by Gasteiger charge is -2.40. The van der Waals surface area contributed by atoms with Crippen molar-refractivity contribution in [2.45, 2.75) is 42.0 Å². The molecule has 6 atom stereocenters. The maximum absolute atomic E-state index is 12.6. The fourth-order valence-electron chi connectivity index (χ4n) is 2.07. The number of hydrogen-bond donors (Lipinski definition) is 3. The number of alkyl halides is 3. The van der Waals surface area contributed by atoms with Crippen LogP contribution in [0.4, 0.5) is 13.2 Å². The van der Waals surface area contributed by atoms with E-state index in [1.807, 2.05) is 0 Å². The Morgan fingerprint density at radius 2 is 1.95 bits per heavy atom. The molecular weight excluding hydrogens is 299 g/mol. The van der Waals surface area contributed by atoms with Crippen LogP contribution in [0.15, 0.2) is 4.99 Å². The zero-order valence-electron chi connectivity index (χ0n) is 10.8. The van der Waals surface area contributed by atoms with E-state index in [-0.39, 0.29) is 0 Å². The highest BCUT2D eigenvalue weighted by Gasteiger charge is 2.55. The molecule has 0 radical (unpaired) electrons. The molecule has 0 spiro atoms. The molecule has 116 valence electrons. The summed E-state index contributed by atoms with van der Waals surface area (Å²) in [6, 6.07) is -3.17. The van der Waals surface area contributed by atoms with Crippen LogP contribution < -0.4 is 5.73 Å². The maximum atomic E-state index is 12.6. The largest absolute Gasteiger partial charge is 0.406 e. The molecule has 10 heteroatoms. The first kappa shape index (κ1) is 15.8. The molecule has 6 nitrogen and oxygen atoms in total. The quantitative estimate of drug-likeness (QED) is 0.596. The van der Waals surface area contributed by atoms with Crippen LogP contribution in [0.5, 0.6) is 0 Å². The molecule has 1 fully saturated rings. The second-order valence-corrected chi connectivity index (χ2v) is 6.00. The summed E-state index contributed by atoms with van der Waals surface area (Å²) in [6.07, 6.45) is -9.61. The van der Waals surface area contributed by atoms with E-state index in [1.165, 1.54) is 0 Å². The summed E-state index contributed by atoms with van der Waals surface area (Å²) >= 11 is 1.10. The van der Waals surface area contributed by atoms with E-state index in [9.17, 15) is 23.4 Å². The molecule has 0 aromatic rings. The third-order valence-corrected chi connectivity index (χ3v) is 4.51. The van der Waals surface area contributed by atoms with Gasteiger partial charge < -0.3 is 25.6 Å². The minimum atomic E-state index is -4.72. The molecule has 1 saturated heterocycles. The first-order valence-electron chi connectivity index (χ1n) is 5.88. The van der Waals surface area contributed by atoms with Crippen LogP contribution in [0.25, 0.3) is 0 Å². The van der Waals surface area contributed by atoms with Gasteiger partial charge in [0.05, 0.1) is 0 Å². The molecule has 20 heavy (non-hydrogen) atoms. The van der Waals surface area contributed by atoms with Crippen LogP contribution in [0.3, 0.4) is 0 Å². The zero-order chi connectivity index (χ0) is 15.2. The van der Waals surface area contributed by atoms with Gasteiger partial charge in [0.15, 0.2) is 5.17 Å². The minimum absolute atomic E-state index is 0.521. The molecule has 2 aliphatic heterocycles. The lowest BCUT2D eigenvalue weighted by molar-refractivity contribution is -0.222. The van der Waals surface area contributed by atoms with Gasteiger partial charge in [0, 0.05) is 14.1 Å². The predicted molar refractivity (Wildman–Crippen MR) is 67.2 cm³/mol. The Kier molecular flexibility index (Phi) is 4.22. The highest BCUT2D eigenvalue weighted by atomic mass is 32.2. The third-order valence-electron chi connectivity index (χ3n) is 3.20. The van der Waals surface area contributed by atoms with E-state index >= 15 is 0 Å². The van der Waals surface area contributed by atoms with Gasteiger partial charge in [-0.05, 0) is 0 Å². The van der Waals surface area contributed by atoms with Crippen molar-refractivity contribution in [2.24, 2.45) is 10.7 Å². The number of ether oxygens (including phenoxy) is 1. The average Bonchev–Trinajstić information content (AvgIpc) is 2.76. The summed E-state index contributed by atoms with van der Waals surface area (Å²) < 4.78 is 43.2. The summed E-state index contributed by atoms with van der Waals surface area (Å²) in [6.45, 7) is 0.